The number of hydrogen-bond acceptors (Lipinski definition) is 3. The molecule has 0 fully saturated rings. The van der Waals surface area contributed by atoms with Gasteiger partial charge in [0, 0.05) is 5.56 Å². The monoisotopic (exact) mass is 290 g/mol. The van der Waals surface area contributed by atoms with Crippen LogP contribution in [0, 0.1) is 6.92 Å². The number of nitrogen functional groups attached to an aromatic ring is 1. The maximum atomic E-state index is 12.1. The first-order valence-electron chi connectivity index (χ1n) is 6.02. The number of nitrogens with one attached hydrogen (secondary N) is 1. The lowest BCUT2D eigenvalue weighted by molar-refractivity contribution is 0.102. The molecule has 0 atom stereocenters. The van der Waals surface area contributed by atoms with Crippen molar-refractivity contribution in [2.45, 2.75) is 6.92 Å². The van der Waals surface area contributed by atoms with Crippen molar-refractivity contribution in [1.82, 2.24) is 0 Å². The molecule has 0 saturated heterocycles. The van der Waals surface area contributed by atoms with Gasteiger partial charge in [0.15, 0.2) is 0 Å². The number of halogens is 1. The number of carbonyl (C=O) groups is 1. The smallest absolute Gasteiger partial charge is 0.255 e. The summed E-state index contributed by atoms with van der Waals surface area (Å²) in [6.07, 6.45) is 0. The Kier molecular flexibility index (Phi) is 4.15. The molecule has 0 saturated carbocycles. The summed E-state index contributed by atoms with van der Waals surface area (Å²) in [6.45, 7) is 1.94. The van der Waals surface area contributed by atoms with E-state index in [0.29, 0.717) is 27.7 Å². The molecule has 104 valence electrons. The van der Waals surface area contributed by atoms with E-state index in [1.807, 2.05) is 13.0 Å². The molecule has 0 aliphatic heterocycles. The van der Waals surface area contributed by atoms with E-state index in [1.165, 1.54) is 7.11 Å². The second-order valence-corrected chi connectivity index (χ2v) is 4.80. The number of ether oxygens (including phenoxy) is 1. The number of nitrogens with two attached hydrogens (primary N) is 1. The molecule has 0 spiro atoms. The van der Waals surface area contributed by atoms with Gasteiger partial charge >= 0.3 is 0 Å². The number of amides is 1. The topological polar surface area (TPSA) is 64.3 Å². The SMILES string of the molecule is COc1ccc(C(=O)Nc2ccc(C)cc2N)cc1Cl. The molecule has 0 unspecified atom stereocenters. The maximum absolute atomic E-state index is 12.1. The quantitative estimate of drug-likeness (QED) is 0.851. The highest BCUT2D eigenvalue weighted by Gasteiger charge is 2.10. The number of rotatable bonds is 3. The predicted octanol–water partition coefficient (Wildman–Crippen LogP) is 3.49. The van der Waals surface area contributed by atoms with Crippen molar-refractivity contribution in [2.24, 2.45) is 0 Å². The lowest BCUT2D eigenvalue weighted by atomic mass is 10.1. The van der Waals surface area contributed by atoms with Crippen molar-refractivity contribution >= 4 is 28.9 Å². The molecule has 0 bridgehead atoms. The average Bonchev–Trinajstić information content (AvgIpc) is 2.41. The fourth-order valence-corrected chi connectivity index (χ4v) is 2.06. The van der Waals surface area contributed by atoms with E-state index in [0.717, 1.165) is 5.56 Å². The van der Waals surface area contributed by atoms with Crippen molar-refractivity contribution in [1.29, 1.82) is 0 Å². The molecule has 2 rings (SSSR count). The number of anilines is 2. The maximum Gasteiger partial charge on any atom is 0.255 e. The first-order valence-corrected chi connectivity index (χ1v) is 6.40. The van der Waals surface area contributed by atoms with Crippen LogP contribution in [-0.4, -0.2) is 13.0 Å². The third-order valence-corrected chi connectivity index (χ3v) is 3.16. The normalized spacial score (nSPS) is 10.2. The van der Waals surface area contributed by atoms with Crippen LogP contribution in [0.4, 0.5) is 11.4 Å². The average molecular weight is 291 g/mol. The number of benzene rings is 2. The predicted molar refractivity (Wildman–Crippen MR) is 81.5 cm³/mol. The Morgan fingerprint density at radius 2 is 2.00 bits per heavy atom. The van der Waals surface area contributed by atoms with Crippen LogP contribution in [0.25, 0.3) is 0 Å². The Morgan fingerprint density at radius 1 is 1.25 bits per heavy atom. The van der Waals surface area contributed by atoms with Crippen molar-refractivity contribution in [2.75, 3.05) is 18.2 Å². The minimum Gasteiger partial charge on any atom is -0.495 e. The van der Waals surface area contributed by atoms with Gasteiger partial charge in [0.1, 0.15) is 5.75 Å². The van der Waals surface area contributed by atoms with Gasteiger partial charge in [0.2, 0.25) is 0 Å². The highest BCUT2D eigenvalue weighted by molar-refractivity contribution is 6.32. The molecular weight excluding hydrogens is 276 g/mol. The Hall–Kier alpha value is -2.20. The van der Waals surface area contributed by atoms with E-state index >= 15 is 0 Å². The van der Waals surface area contributed by atoms with Crippen LogP contribution in [0.15, 0.2) is 36.4 Å². The third-order valence-electron chi connectivity index (χ3n) is 2.87. The highest BCUT2D eigenvalue weighted by Crippen LogP contribution is 2.26. The van der Waals surface area contributed by atoms with Crippen molar-refractivity contribution in [3.05, 3.63) is 52.5 Å². The molecule has 5 heteroatoms. The summed E-state index contributed by atoms with van der Waals surface area (Å²) in [5.74, 6) is 0.253. The van der Waals surface area contributed by atoms with Crippen LogP contribution >= 0.6 is 11.6 Å². The Bertz CT molecular complexity index is 656. The summed E-state index contributed by atoms with van der Waals surface area (Å²) in [5.41, 5.74) is 8.44. The molecule has 0 aliphatic carbocycles. The van der Waals surface area contributed by atoms with Crippen LogP contribution in [0.2, 0.25) is 5.02 Å². The zero-order valence-electron chi connectivity index (χ0n) is 11.2. The zero-order chi connectivity index (χ0) is 14.7. The standard InChI is InChI=1S/C15H15ClN2O2/c1-9-3-5-13(12(17)7-9)18-15(19)10-4-6-14(20-2)11(16)8-10/h3-8H,17H2,1-2H3,(H,18,19). The molecule has 20 heavy (non-hydrogen) atoms. The molecule has 0 heterocycles. The van der Waals surface area contributed by atoms with Gasteiger partial charge in [-0.2, -0.15) is 0 Å². The zero-order valence-corrected chi connectivity index (χ0v) is 12.0. The summed E-state index contributed by atoms with van der Waals surface area (Å²) in [6, 6.07) is 10.3. The lowest BCUT2D eigenvalue weighted by Gasteiger charge is -2.10. The summed E-state index contributed by atoms with van der Waals surface area (Å²) >= 11 is 6.00. The molecule has 0 radical (unpaired) electrons. The van der Waals surface area contributed by atoms with Crippen LogP contribution in [0.3, 0.4) is 0 Å². The van der Waals surface area contributed by atoms with E-state index in [4.69, 9.17) is 22.1 Å². The van der Waals surface area contributed by atoms with Crippen LogP contribution in [0.1, 0.15) is 15.9 Å². The number of aryl methyl sites for hydroxylation is 1. The highest BCUT2D eigenvalue weighted by atomic mass is 35.5. The molecule has 0 aromatic heterocycles. The number of methoxy groups -OCH3 is 1. The van der Waals surface area contributed by atoms with Gasteiger partial charge in [0.25, 0.3) is 5.91 Å². The Morgan fingerprint density at radius 3 is 2.60 bits per heavy atom. The van der Waals surface area contributed by atoms with Gasteiger partial charge < -0.3 is 15.8 Å². The van der Waals surface area contributed by atoms with Gasteiger partial charge in [-0.25, -0.2) is 0 Å². The van der Waals surface area contributed by atoms with Crippen molar-refractivity contribution < 1.29 is 9.53 Å². The van der Waals surface area contributed by atoms with Gasteiger partial charge in [-0.1, -0.05) is 17.7 Å². The van der Waals surface area contributed by atoms with Gasteiger partial charge in [-0.05, 0) is 42.8 Å². The molecular formula is C15H15ClN2O2. The first-order chi connectivity index (χ1) is 9.51. The minimum absolute atomic E-state index is 0.273. The molecule has 4 nitrogen and oxygen atoms in total. The second-order valence-electron chi connectivity index (χ2n) is 4.39. The van der Waals surface area contributed by atoms with Crippen molar-refractivity contribution in [3.8, 4) is 5.75 Å². The van der Waals surface area contributed by atoms with E-state index < -0.39 is 0 Å². The molecule has 2 aromatic carbocycles. The van der Waals surface area contributed by atoms with Gasteiger partial charge in [-0.3, -0.25) is 4.79 Å². The largest absolute Gasteiger partial charge is 0.495 e. The number of carbonyl (C=O) groups excluding carboxylic acids is 1. The Labute approximate surface area is 122 Å². The Balaban J connectivity index is 2.21. The fourth-order valence-electron chi connectivity index (χ4n) is 1.80. The van der Waals surface area contributed by atoms with Gasteiger partial charge in [-0.15, -0.1) is 0 Å². The molecule has 0 aliphatic rings. The fraction of sp³-hybridized carbons (Fsp3) is 0.133. The summed E-state index contributed by atoms with van der Waals surface area (Å²) < 4.78 is 5.05. The van der Waals surface area contributed by atoms with E-state index in [2.05, 4.69) is 5.32 Å². The summed E-state index contributed by atoms with van der Waals surface area (Å²) in [4.78, 5) is 12.1. The van der Waals surface area contributed by atoms with Crippen LogP contribution in [-0.2, 0) is 0 Å². The lowest BCUT2D eigenvalue weighted by Crippen LogP contribution is -2.13. The molecule has 3 N–H and O–H groups in total. The first kappa shape index (κ1) is 14.2. The summed E-state index contributed by atoms with van der Waals surface area (Å²) in [5, 5.41) is 3.14. The molecule has 1 amide bonds. The minimum atomic E-state index is -0.273. The van der Waals surface area contributed by atoms with Crippen molar-refractivity contribution in [3.63, 3.8) is 0 Å². The van der Waals surface area contributed by atoms with E-state index in [9.17, 15) is 4.79 Å². The van der Waals surface area contributed by atoms with Crippen LogP contribution < -0.4 is 15.8 Å². The molecule has 2 aromatic rings. The van der Waals surface area contributed by atoms with E-state index in [1.54, 1.807) is 30.3 Å². The van der Waals surface area contributed by atoms with Gasteiger partial charge in [0.05, 0.1) is 23.5 Å². The number of hydrogen-bond donors (Lipinski definition) is 2. The second kappa shape index (κ2) is 5.84. The van der Waals surface area contributed by atoms with Crippen LogP contribution in [0.5, 0.6) is 5.75 Å². The van der Waals surface area contributed by atoms with E-state index in [-0.39, 0.29) is 5.91 Å². The third kappa shape index (κ3) is 3.03. The summed E-state index contributed by atoms with van der Waals surface area (Å²) in [7, 11) is 1.52.